The Labute approximate surface area is 111 Å². The van der Waals surface area contributed by atoms with Gasteiger partial charge in [0.2, 0.25) is 0 Å². The molecular formula is C16H26N2. The van der Waals surface area contributed by atoms with Crippen molar-refractivity contribution >= 4 is 0 Å². The third-order valence-corrected chi connectivity index (χ3v) is 4.23. The standard InChI is InChI=1S/C16H26N2/c1-3-14(2)16-13-17-10-12-18(16)11-9-15-7-5-4-6-8-15/h4-8,14,16-17H,3,9-13H2,1-2H3. The highest BCUT2D eigenvalue weighted by Crippen LogP contribution is 2.17. The van der Waals surface area contributed by atoms with Crippen LogP contribution in [-0.2, 0) is 6.42 Å². The highest BCUT2D eigenvalue weighted by molar-refractivity contribution is 5.15. The fraction of sp³-hybridized carbons (Fsp3) is 0.625. The Bertz CT molecular complexity index is 336. The molecule has 2 rings (SSSR count). The summed E-state index contributed by atoms with van der Waals surface area (Å²) in [6, 6.07) is 11.6. The van der Waals surface area contributed by atoms with Gasteiger partial charge in [-0.3, -0.25) is 4.90 Å². The van der Waals surface area contributed by atoms with Crippen LogP contribution in [0.2, 0.25) is 0 Å². The fourth-order valence-electron chi connectivity index (χ4n) is 2.80. The molecule has 1 aliphatic heterocycles. The minimum Gasteiger partial charge on any atom is -0.314 e. The van der Waals surface area contributed by atoms with Crippen LogP contribution in [0.3, 0.4) is 0 Å². The smallest absolute Gasteiger partial charge is 0.0246 e. The van der Waals surface area contributed by atoms with E-state index in [1.165, 1.54) is 31.5 Å². The fourth-order valence-corrected chi connectivity index (χ4v) is 2.80. The molecule has 0 spiro atoms. The summed E-state index contributed by atoms with van der Waals surface area (Å²) in [4.78, 5) is 2.68. The van der Waals surface area contributed by atoms with Crippen molar-refractivity contribution in [3.05, 3.63) is 35.9 Å². The molecule has 2 nitrogen and oxygen atoms in total. The maximum Gasteiger partial charge on any atom is 0.0246 e. The maximum atomic E-state index is 3.54. The first-order valence-corrected chi connectivity index (χ1v) is 7.30. The summed E-state index contributed by atoms with van der Waals surface area (Å²) in [7, 11) is 0. The van der Waals surface area contributed by atoms with E-state index in [2.05, 4.69) is 54.4 Å². The zero-order valence-electron chi connectivity index (χ0n) is 11.7. The first-order valence-electron chi connectivity index (χ1n) is 7.30. The molecular weight excluding hydrogens is 220 g/mol. The Morgan fingerprint density at radius 2 is 2.11 bits per heavy atom. The Morgan fingerprint density at radius 3 is 2.83 bits per heavy atom. The van der Waals surface area contributed by atoms with Gasteiger partial charge in [-0.2, -0.15) is 0 Å². The predicted octanol–water partition coefficient (Wildman–Crippen LogP) is 2.55. The molecule has 1 saturated heterocycles. The summed E-state index contributed by atoms with van der Waals surface area (Å²) in [5.74, 6) is 0.786. The van der Waals surface area contributed by atoms with Crippen molar-refractivity contribution < 1.29 is 0 Å². The van der Waals surface area contributed by atoms with E-state index in [0.29, 0.717) is 6.04 Å². The summed E-state index contributed by atoms with van der Waals surface area (Å²) in [5.41, 5.74) is 1.46. The Kier molecular flexibility index (Phi) is 5.21. The van der Waals surface area contributed by atoms with Crippen LogP contribution in [0.15, 0.2) is 30.3 Å². The van der Waals surface area contributed by atoms with Crippen molar-refractivity contribution in [3.8, 4) is 0 Å². The third-order valence-electron chi connectivity index (χ3n) is 4.23. The molecule has 2 atom stereocenters. The number of hydrogen-bond acceptors (Lipinski definition) is 2. The van der Waals surface area contributed by atoms with E-state index in [1.807, 2.05) is 0 Å². The van der Waals surface area contributed by atoms with Crippen LogP contribution in [0.4, 0.5) is 0 Å². The Balaban J connectivity index is 1.89. The van der Waals surface area contributed by atoms with Gasteiger partial charge in [0, 0.05) is 32.2 Å². The van der Waals surface area contributed by atoms with Gasteiger partial charge < -0.3 is 5.32 Å². The predicted molar refractivity (Wildman–Crippen MR) is 77.8 cm³/mol. The third kappa shape index (κ3) is 3.56. The van der Waals surface area contributed by atoms with Crippen LogP contribution >= 0.6 is 0 Å². The normalized spacial score (nSPS) is 22.9. The van der Waals surface area contributed by atoms with Gasteiger partial charge in [0.1, 0.15) is 0 Å². The quantitative estimate of drug-likeness (QED) is 0.859. The van der Waals surface area contributed by atoms with Crippen LogP contribution in [-0.4, -0.2) is 37.1 Å². The van der Waals surface area contributed by atoms with Gasteiger partial charge in [-0.05, 0) is 17.9 Å². The first-order chi connectivity index (χ1) is 8.81. The number of benzene rings is 1. The summed E-state index contributed by atoms with van der Waals surface area (Å²) >= 11 is 0. The minimum absolute atomic E-state index is 0.715. The lowest BCUT2D eigenvalue weighted by Gasteiger charge is -2.39. The number of hydrogen-bond donors (Lipinski definition) is 1. The first kappa shape index (κ1) is 13.6. The van der Waals surface area contributed by atoms with Crippen molar-refractivity contribution in [2.45, 2.75) is 32.7 Å². The van der Waals surface area contributed by atoms with Crippen molar-refractivity contribution in [1.29, 1.82) is 0 Å². The average Bonchev–Trinajstić information content (AvgIpc) is 2.45. The van der Waals surface area contributed by atoms with E-state index in [9.17, 15) is 0 Å². The molecule has 1 heterocycles. The van der Waals surface area contributed by atoms with Crippen LogP contribution in [0.5, 0.6) is 0 Å². The molecule has 0 bridgehead atoms. The van der Waals surface area contributed by atoms with Gasteiger partial charge in [0.25, 0.3) is 0 Å². The van der Waals surface area contributed by atoms with Gasteiger partial charge >= 0.3 is 0 Å². The summed E-state index contributed by atoms with van der Waals surface area (Å²) < 4.78 is 0. The molecule has 2 unspecified atom stereocenters. The number of nitrogens with one attached hydrogen (secondary N) is 1. The second kappa shape index (κ2) is 6.91. The molecule has 100 valence electrons. The van der Waals surface area contributed by atoms with E-state index in [4.69, 9.17) is 0 Å². The molecule has 0 saturated carbocycles. The molecule has 0 aromatic heterocycles. The van der Waals surface area contributed by atoms with E-state index < -0.39 is 0 Å². The molecule has 1 aromatic carbocycles. The molecule has 2 heteroatoms. The Hall–Kier alpha value is -0.860. The number of piperazine rings is 1. The van der Waals surface area contributed by atoms with E-state index in [0.717, 1.165) is 19.0 Å². The molecule has 1 aliphatic rings. The topological polar surface area (TPSA) is 15.3 Å². The Morgan fingerprint density at radius 1 is 1.33 bits per heavy atom. The van der Waals surface area contributed by atoms with Gasteiger partial charge in [0.15, 0.2) is 0 Å². The van der Waals surface area contributed by atoms with Crippen LogP contribution < -0.4 is 5.32 Å². The molecule has 1 aromatic rings. The second-order valence-electron chi connectivity index (χ2n) is 5.43. The summed E-state index contributed by atoms with van der Waals surface area (Å²) in [6.45, 7) is 9.37. The molecule has 0 amide bonds. The summed E-state index contributed by atoms with van der Waals surface area (Å²) in [6.07, 6.45) is 2.45. The van der Waals surface area contributed by atoms with Crippen molar-refractivity contribution in [2.75, 3.05) is 26.2 Å². The molecule has 0 radical (unpaired) electrons. The zero-order valence-corrected chi connectivity index (χ0v) is 11.7. The zero-order chi connectivity index (χ0) is 12.8. The molecule has 0 aliphatic carbocycles. The highest BCUT2D eigenvalue weighted by Gasteiger charge is 2.25. The molecule has 18 heavy (non-hydrogen) atoms. The van der Waals surface area contributed by atoms with Gasteiger partial charge in [-0.15, -0.1) is 0 Å². The van der Waals surface area contributed by atoms with Crippen molar-refractivity contribution in [2.24, 2.45) is 5.92 Å². The van der Waals surface area contributed by atoms with Gasteiger partial charge in [-0.25, -0.2) is 0 Å². The minimum atomic E-state index is 0.715. The number of rotatable bonds is 5. The van der Waals surface area contributed by atoms with E-state index >= 15 is 0 Å². The second-order valence-corrected chi connectivity index (χ2v) is 5.43. The molecule has 1 N–H and O–H groups in total. The SMILES string of the molecule is CCC(C)C1CNCCN1CCc1ccccc1. The molecule has 1 fully saturated rings. The lowest BCUT2D eigenvalue weighted by Crippen LogP contribution is -2.54. The average molecular weight is 246 g/mol. The monoisotopic (exact) mass is 246 g/mol. The highest BCUT2D eigenvalue weighted by atomic mass is 15.2. The van der Waals surface area contributed by atoms with Gasteiger partial charge in [0.05, 0.1) is 0 Å². The lowest BCUT2D eigenvalue weighted by atomic mass is 9.95. The number of nitrogens with zero attached hydrogens (tertiary/aromatic N) is 1. The van der Waals surface area contributed by atoms with E-state index in [1.54, 1.807) is 0 Å². The van der Waals surface area contributed by atoms with Crippen LogP contribution in [0.1, 0.15) is 25.8 Å². The van der Waals surface area contributed by atoms with Crippen LogP contribution in [0, 0.1) is 5.92 Å². The summed E-state index contributed by atoms with van der Waals surface area (Å²) in [5, 5.41) is 3.54. The van der Waals surface area contributed by atoms with E-state index in [-0.39, 0.29) is 0 Å². The largest absolute Gasteiger partial charge is 0.314 e. The van der Waals surface area contributed by atoms with Gasteiger partial charge in [-0.1, -0.05) is 50.6 Å². The lowest BCUT2D eigenvalue weighted by molar-refractivity contribution is 0.118. The van der Waals surface area contributed by atoms with Crippen molar-refractivity contribution in [3.63, 3.8) is 0 Å². The maximum absolute atomic E-state index is 3.54. The van der Waals surface area contributed by atoms with Crippen molar-refractivity contribution in [1.82, 2.24) is 10.2 Å². The van der Waals surface area contributed by atoms with Crippen LogP contribution in [0.25, 0.3) is 0 Å².